The summed E-state index contributed by atoms with van der Waals surface area (Å²) in [5.74, 6) is 1.57. The van der Waals surface area contributed by atoms with E-state index in [1.807, 2.05) is 12.3 Å². The zero-order chi connectivity index (χ0) is 19.6. The van der Waals surface area contributed by atoms with E-state index in [4.69, 9.17) is 9.97 Å². The number of likely N-dealkylation sites (tertiary alicyclic amines) is 1. The Kier molecular flexibility index (Phi) is 5.00. The molecule has 0 radical (unpaired) electrons. The minimum absolute atomic E-state index is 0.467. The maximum atomic E-state index is 4.79. The number of aromatic amines is 1. The Balaban J connectivity index is 1.31. The number of benzene rings is 2. The summed E-state index contributed by atoms with van der Waals surface area (Å²) < 4.78 is 0. The van der Waals surface area contributed by atoms with Gasteiger partial charge in [0.05, 0.1) is 22.5 Å². The van der Waals surface area contributed by atoms with Crippen LogP contribution in [0.3, 0.4) is 0 Å². The number of rotatable bonds is 5. The van der Waals surface area contributed by atoms with Crippen molar-refractivity contribution in [2.75, 3.05) is 13.1 Å². The van der Waals surface area contributed by atoms with Crippen LogP contribution >= 0.6 is 11.3 Å². The van der Waals surface area contributed by atoms with Crippen LogP contribution in [0.5, 0.6) is 0 Å². The molecule has 1 unspecified atom stereocenters. The van der Waals surface area contributed by atoms with Crippen LogP contribution in [0.2, 0.25) is 0 Å². The molecule has 2 aromatic carbocycles. The predicted octanol–water partition coefficient (Wildman–Crippen LogP) is 5.50. The average molecular weight is 401 g/mol. The van der Waals surface area contributed by atoms with Crippen molar-refractivity contribution in [3.8, 4) is 21.1 Å². The highest BCUT2D eigenvalue weighted by Gasteiger charge is 2.26. The summed E-state index contributed by atoms with van der Waals surface area (Å²) in [5, 5.41) is 1.06. The highest BCUT2D eigenvalue weighted by atomic mass is 32.1. The van der Waals surface area contributed by atoms with E-state index in [1.165, 1.54) is 16.0 Å². The second kappa shape index (κ2) is 7.93. The third-order valence-electron chi connectivity index (χ3n) is 5.57. The van der Waals surface area contributed by atoms with Crippen LogP contribution < -0.4 is 0 Å². The molecule has 5 heteroatoms. The maximum absolute atomic E-state index is 4.79. The first-order valence-corrected chi connectivity index (χ1v) is 10.9. The molecule has 0 saturated carbocycles. The highest BCUT2D eigenvalue weighted by molar-refractivity contribution is 7.18. The van der Waals surface area contributed by atoms with Crippen LogP contribution in [0.25, 0.3) is 21.1 Å². The number of aromatic nitrogens is 3. The summed E-state index contributed by atoms with van der Waals surface area (Å²) in [6.45, 7) is 5.27. The molecule has 5 rings (SSSR count). The number of nitrogens with one attached hydrogen (secondary N) is 1. The smallest absolute Gasteiger partial charge is 0.124 e. The van der Waals surface area contributed by atoms with Crippen molar-refractivity contribution in [1.29, 1.82) is 0 Å². The predicted molar refractivity (Wildman–Crippen MR) is 119 cm³/mol. The molecule has 1 N–H and O–H groups in total. The first kappa shape index (κ1) is 18.3. The van der Waals surface area contributed by atoms with Gasteiger partial charge < -0.3 is 4.98 Å². The van der Waals surface area contributed by atoms with Crippen LogP contribution in [0.4, 0.5) is 0 Å². The van der Waals surface area contributed by atoms with E-state index in [-0.39, 0.29) is 0 Å². The number of H-pyrrole nitrogens is 1. The molecule has 0 bridgehead atoms. The average Bonchev–Trinajstić information content (AvgIpc) is 3.49. The van der Waals surface area contributed by atoms with Crippen molar-refractivity contribution in [1.82, 2.24) is 19.9 Å². The lowest BCUT2D eigenvalue weighted by atomic mass is 10.1. The van der Waals surface area contributed by atoms with Gasteiger partial charge in [-0.3, -0.25) is 4.90 Å². The largest absolute Gasteiger partial charge is 0.341 e. The number of hydrogen-bond donors (Lipinski definition) is 1. The summed E-state index contributed by atoms with van der Waals surface area (Å²) in [7, 11) is 0. The van der Waals surface area contributed by atoms with Gasteiger partial charge in [-0.25, -0.2) is 9.97 Å². The third-order valence-corrected chi connectivity index (χ3v) is 6.81. The van der Waals surface area contributed by atoms with Crippen LogP contribution in [0.15, 0.2) is 66.9 Å². The Morgan fingerprint density at radius 1 is 1.07 bits per heavy atom. The monoisotopic (exact) mass is 400 g/mol. The summed E-state index contributed by atoms with van der Waals surface area (Å²) in [4.78, 5) is 16.8. The molecular formula is C24H24N4S. The molecule has 1 aliphatic heterocycles. The van der Waals surface area contributed by atoms with Crippen LogP contribution in [-0.4, -0.2) is 32.9 Å². The molecule has 3 heterocycles. The zero-order valence-electron chi connectivity index (χ0n) is 16.5. The molecule has 0 aliphatic carbocycles. The summed E-state index contributed by atoms with van der Waals surface area (Å²) in [6, 6.07) is 21.1. The lowest BCUT2D eigenvalue weighted by Gasteiger charge is -2.15. The van der Waals surface area contributed by atoms with Crippen molar-refractivity contribution in [3.05, 3.63) is 83.9 Å². The Bertz CT molecular complexity index is 1080. The number of hydrogen-bond acceptors (Lipinski definition) is 4. The second-order valence-corrected chi connectivity index (χ2v) is 8.69. The second-order valence-electron chi connectivity index (χ2n) is 7.69. The van der Waals surface area contributed by atoms with E-state index in [0.717, 1.165) is 48.3 Å². The fourth-order valence-electron chi connectivity index (χ4n) is 4.05. The van der Waals surface area contributed by atoms with Gasteiger partial charge in [0.25, 0.3) is 0 Å². The quantitative estimate of drug-likeness (QED) is 0.481. The Morgan fingerprint density at radius 3 is 2.62 bits per heavy atom. The van der Waals surface area contributed by atoms with Gasteiger partial charge in [0.2, 0.25) is 0 Å². The SMILES string of the molecule is Cc1nc(-c2ccccc2)sc1-c1cnc(C2CCN(Cc3ccccc3)C2)[nH]1. The number of nitrogens with zero attached hydrogens (tertiary/aromatic N) is 3. The van der Waals surface area contributed by atoms with Crippen LogP contribution in [0.1, 0.15) is 29.4 Å². The molecular weight excluding hydrogens is 376 g/mol. The molecule has 1 atom stereocenters. The number of aryl methyl sites for hydroxylation is 1. The van der Waals surface area contributed by atoms with E-state index >= 15 is 0 Å². The van der Waals surface area contributed by atoms with E-state index < -0.39 is 0 Å². The van der Waals surface area contributed by atoms with Crippen LogP contribution in [0, 0.1) is 6.92 Å². The summed E-state index contributed by atoms with van der Waals surface area (Å²) >= 11 is 1.73. The molecule has 146 valence electrons. The lowest BCUT2D eigenvalue weighted by Crippen LogP contribution is -2.19. The topological polar surface area (TPSA) is 44.8 Å². The lowest BCUT2D eigenvalue weighted by molar-refractivity contribution is 0.326. The van der Waals surface area contributed by atoms with E-state index in [1.54, 1.807) is 11.3 Å². The Morgan fingerprint density at radius 2 is 1.83 bits per heavy atom. The summed E-state index contributed by atoms with van der Waals surface area (Å²) in [6.07, 6.45) is 3.13. The normalized spacial score (nSPS) is 17.1. The van der Waals surface area contributed by atoms with Gasteiger partial charge in [-0.1, -0.05) is 60.7 Å². The van der Waals surface area contributed by atoms with Gasteiger partial charge in [0.1, 0.15) is 10.8 Å². The molecule has 2 aromatic heterocycles. The first-order chi connectivity index (χ1) is 14.3. The fraction of sp³-hybridized carbons (Fsp3) is 0.250. The molecule has 29 heavy (non-hydrogen) atoms. The zero-order valence-corrected chi connectivity index (χ0v) is 17.3. The van der Waals surface area contributed by atoms with Gasteiger partial charge in [0, 0.05) is 24.6 Å². The van der Waals surface area contributed by atoms with Gasteiger partial charge in [-0.15, -0.1) is 11.3 Å². The molecule has 4 nitrogen and oxygen atoms in total. The van der Waals surface area contributed by atoms with Crippen LogP contribution in [-0.2, 0) is 6.54 Å². The third kappa shape index (κ3) is 3.88. The van der Waals surface area contributed by atoms with Gasteiger partial charge in [-0.05, 0) is 25.5 Å². The maximum Gasteiger partial charge on any atom is 0.124 e. The first-order valence-electron chi connectivity index (χ1n) is 10.1. The van der Waals surface area contributed by atoms with Gasteiger partial charge >= 0.3 is 0 Å². The molecule has 0 spiro atoms. The standard InChI is InChI=1S/C24H24N4S/c1-17-22(29-24(26-17)19-10-6-3-7-11-19)21-14-25-23(27-21)20-12-13-28(16-20)15-18-8-4-2-5-9-18/h2-11,14,20H,12-13,15-16H2,1H3,(H,25,27). The van der Waals surface area contributed by atoms with Crippen molar-refractivity contribution in [3.63, 3.8) is 0 Å². The number of thiazole rings is 1. The molecule has 1 saturated heterocycles. The van der Waals surface area contributed by atoms with Gasteiger partial charge in [-0.2, -0.15) is 0 Å². The number of imidazole rings is 1. The van der Waals surface area contributed by atoms with E-state index in [0.29, 0.717) is 5.92 Å². The molecule has 1 aliphatic rings. The molecule has 0 amide bonds. The van der Waals surface area contributed by atoms with Crippen molar-refractivity contribution < 1.29 is 0 Å². The van der Waals surface area contributed by atoms with Crippen molar-refractivity contribution >= 4 is 11.3 Å². The molecule has 4 aromatic rings. The van der Waals surface area contributed by atoms with Crippen molar-refractivity contribution in [2.24, 2.45) is 0 Å². The van der Waals surface area contributed by atoms with Gasteiger partial charge in [0.15, 0.2) is 0 Å². The molecule has 1 fully saturated rings. The fourth-order valence-corrected chi connectivity index (χ4v) is 5.09. The minimum atomic E-state index is 0.467. The van der Waals surface area contributed by atoms with E-state index in [9.17, 15) is 0 Å². The van der Waals surface area contributed by atoms with Crippen molar-refractivity contribution in [2.45, 2.75) is 25.8 Å². The summed E-state index contributed by atoms with van der Waals surface area (Å²) in [5.41, 5.74) is 4.68. The Labute approximate surface area is 175 Å². The minimum Gasteiger partial charge on any atom is -0.341 e. The van der Waals surface area contributed by atoms with E-state index in [2.05, 4.69) is 71.4 Å². The highest BCUT2D eigenvalue weighted by Crippen LogP contribution is 2.35. The Hall–Kier alpha value is -2.76.